The number of furan rings is 1. The van der Waals surface area contributed by atoms with Gasteiger partial charge in [0.05, 0.1) is 39.3 Å². The highest BCUT2D eigenvalue weighted by Gasteiger charge is 2.37. The highest BCUT2D eigenvalue weighted by Crippen LogP contribution is 2.41. The fraction of sp³-hybridized carbons (Fsp3) is 0.192. The van der Waals surface area contributed by atoms with E-state index in [1.165, 1.54) is 11.3 Å². The summed E-state index contributed by atoms with van der Waals surface area (Å²) >= 11 is 6.68. The maximum absolute atomic E-state index is 13.4. The van der Waals surface area contributed by atoms with Gasteiger partial charge in [-0.1, -0.05) is 29.8 Å². The van der Waals surface area contributed by atoms with Crippen LogP contribution in [0.2, 0.25) is 5.15 Å². The first-order valence-electron chi connectivity index (χ1n) is 10.8. The SMILES string of the molecule is COc1cccc(C2=NN(C(=O)c3ccco3)C(c3cc4cccc(OC)c4nc3Cl)C2)c1OC. The van der Waals surface area contributed by atoms with Crippen LogP contribution in [0.3, 0.4) is 0 Å². The summed E-state index contributed by atoms with van der Waals surface area (Å²) in [5.74, 6) is 1.50. The van der Waals surface area contributed by atoms with Gasteiger partial charge in [0.15, 0.2) is 17.3 Å². The molecule has 5 rings (SSSR count). The smallest absolute Gasteiger partial charge is 0.310 e. The van der Waals surface area contributed by atoms with Crippen molar-refractivity contribution in [3.63, 3.8) is 0 Å². The third-order valence-electron chi connectivity index (χ3n) is 5.93. The summed E-state index contributed by atoms with van der Waals surface area (Å²) in [7, 11) is 4.72. The molecule has 1 aliphatic heterocycles. The van der Waals surface area contributed by atoms with Gasteiger partial charge < -0.3 is 18.6 Å². The van der Waals surface area contributed by atoms with Crippen molar-refractivity contribution < 1.29 is 23.4 Å². The van der Waals surface area contributed by atoms with Crippen LogP contribution in [0.1, 0.15) is 34.1 Å². The van der Waals surface area contributed by atoms with Crippen LogP contribution in [0.4, 0.5) is 0 Å². The maximum Gasteiger partial charge on any atom is 0.310 e. The van der Waals surface area contributed by atoms with E-state index in [1.807, 2.05) is 36.4 Å². The quantitative estimate of drug-likeness (QED) is 0.331. The number of hydrogen-bond acceptors (Lipinski definition) is 7. The first-order valence-corrected chi connectivity index (χ1v) is 11.2. The predicted octanol–water partition coefficient (Wildman–Crippen LogP) is 5.50. The van der Waals surface area contributed by atoms with Gasteiger partial charge >= 0.3 is 5.91 Å². The van der Waals surface area contributed by atoms with Gasteiger partial charge in [-0.2, -0.15) is 5.10 Å². The van der Waals surface area contributed by atoms with Gasteiger partial charge in [-0.15, -0.1) is 0 Å². The van der Waals surface area contributed by atoms with E-state index in [-0.39, 0.29) is 10.9 Å². The second kappa shape index (κ2) is 9.31. The average molecular weight is 492 g/mol. The van der Waals surface area contributed by atoms with Gasteiger partial charge in [-0.3, -0.25) is 4.79 Å². The second-order valence-electron chi connectivity index (χ2n) is 7.84. The van der Waals surface area contributed by atoms with Gasteiger partial charge in [-0.05, 0) is 36.4 Å². The fourth-order valence-electron chi connectivity index (χ4n) is 4.29. The van der Waals surface area contributed by atoms with Gasteiger partial charge in [0, 0.05) is 22.9 Å². The third kappa shape index (κ3) is 3.95. The molecule has 3 heterocycles. The molecular formula is C26H22ClN3O5. The standard InChI is InChI=1S/C26H22ClN3O5/c1-32-20-9-4-7-15-13-17(25(27)28-23(15)20)19-14-18(16-8-5-10-21(33-2)24(16)34-3)29-30(19)26(31)22-11-6-12-35-22/h4-13,19H,14H2,1-3H3. The Hall–Kier alpha value is -4.04. The minimum atomic E-state index is -0.519. The third-order valence-corrected chi connectivity index (χ3v) is 6.24. The number of para-hydroxylation sites is 2. The average Bonchev–Trinajstić information content (AvgIpc) is 3.58. The Morgan fingerprint density at radius 2 is 1.80 bits per heavy atom. The van der Waals surface area contributed by atoms with Gasteiger partial charge in [0.25, 0.3) is 0 Å². The molecule has 4 aromatic rings. The molecule has 178 valence electrons. The number of aromatic nitrogens is 1. The number of nitrogens with zero attached hydrogens (tertiary/aromatic N) is 3. The van der Waals surface area contributed by atoms with E-state index in [0.29, 0.717) is 40.5 Å². The molecule has 0 aliphatic carbocycles. The number of fused-ring (bicyclic) bond motifs is 1. The summed E-state index contributed by atoms with van der Waals surface area (Å²) in [5.41, 5.74) is 2.67. The van der Waals surface area contributed by atoms with E-state index in [4.69, 9.17) is 35.3 Å². The molecule has 9 heteroatoms. The molecule has 1 atom stereocenters. The summed E-state index contributed by atoms with van der Waals surface area (Å²) < 4.78 is 21.9. The van der Waals surface area contributed by atoms with Crippen molar-refractivity contribution in [2.24, 2.45) is 5.10 Å². The van der Waals surface area contributed by atoms with Crippen LogP contribution in [-0.4, -0.2) is 42.9 Å². The van der Waals surface area contributed by atoms with E-state index in [9.17, 15) is 4.79 Å². The molecule has 0 bridgehead atoms. The number of carbonyl (C=O) groups is 1. The molecule has 1 amide bonds. The predicted molar refractivity (Wildman–Crippen MR) is 132 cm³/mol. The van der Waals surface area contributed by atoms with Crippen molar-refractivity contribution in [2.75, 3.05) is 21.3 Å². The zero-order chi connectivity index (χ0) is 24.5. The molecule has 0 N–H and O–H groups in total. The molecule has 8 nitrogen and oxygen atoms in total. The van der Waals surface area contributed by atoms with E-state index in [2.05, 4.69) is 4.98 Å². The molecule has 35 heavy (non-hydrogen) atoms. The molecule has 2 aromatic heterocycles. The Morgan fingerprint density at radius 1 is 1.03 bits per heavy atom. The number of hydrogen-bond donors (Lipinski definition) is 0. The summed E-state index contributed by atoms with van der Waals surface area (Å²) in [6, 6.07) is 15.8. The first kappa shape index (κ1) is 22.7. The molecule has 0 saturated heterocycles. The van der Waals surface area contributed by atoms with Gasteiger partial charge in [0.1, 0.15) is 16.4 Å². The van der Waals surface area contributed by atoms with E-state index in [0.717, 1.165) is 10.9 Å². The molecule has 2 aromatic carbocycles. The Labute approximate surface area is 206 Å². The monoisotopic (exact) mass is 491 g/mol. The van der Waals surface area contributed by atoms with Crippen molar-refractivity contribution >= 4 is 34.1 Å². The minimum absolute atomic E-state index is 0.171. The number of amides is 1. The van der Waals surface area contributed by atoms with Crippen molar-refractivity contribution in [3.05, 3.63) is 82.9 Å². The fourth-order valence-corrected chi connectivity index (χ4v) is 4.56. The maximum atomic E-state index is 13.4. The Balaban J connectivity index is 1.64. The van der Waals surface area contributed by atoms with Crippen molar-refractivity contribution in [3.8, 4) is 17.2 Å². The summed E-state index contributed by atoms with van der Waals surface area (Å²) in [6.45, 7) is 0. The zero-order valence-corrected chi connectivity index (χ0v) is 20.1. The Morgan fingerprint density at radius 3 is 2.51 bits per heavy atom. The zero-order valence-electron chi connectivity index (χ0n) is 19.3. The highest BCUT2D eigenvalue weighted by atomic mass is 35.5. The summed E-state index contributed by atoms with van der Waals surface area (Å²) in [4.78, 5) is 18.0. The summed E-state index contributed by atoms with van der Waals surface area (Å²) in [6.07, 6.45) is 1.83. The van der Waals surface area contributed by atoms with Gasteiger partial charge in [0.2, 0.25) is 0 Å². The number of methoxy groups -OCH3 is 3. The number of halogens is 1. The lowest BCUT2D eigenvalue weighted by Gasteiger charge is -2.22. The van der Waals surface area contributed by atoms with Crippen LogP contribution >= 0.6 is 11.6 Å². The van der Waals surface area contributed by atoms with E-state index in [1.54, 1.807) is 39.5 Å². The van der Waals surface area contributed by atoms with Crippen LogP contribution < -0.4 is 14.2 Å². The molecule has 0 radical (unpaired) electrons. The number of hydrazone groups is 1. The molecule has 1 unspecified atom stereocenters. The molecular weight excluding hydrogens is 470 g/mol. The molecule has 0 saturated carbocycles. The second-order valence-corrected chi connectivity index (χ2v) is 8.19. The number of benzene rings is 2. The van der Waals surface area contributed by atoms with Crippen molar-refractivity contribution in [1.29, 1.82) is 0 Å². The first-order chi connectivity index (χ1) is 17.0. The highest BCUT2D eigenvalue weighted by molar-refractivity contribution is 6.30. The Bertz CT molecular complexity index is 1430. The van der Waals surface area contributed by atoms with Crippen LogP contribution in [0.15, 0.2) is 70.4 Å². The van der Waals surface area contributed by atoms with Crippen molar-refractivity contribution in [1.82, 2.24) is 9.99 Å². The summed E-state index contributed by atoms with van der Waals surface area (Å²) in [5, 5.41) is 7.19. The molecule has 0 fully saturated rings. The molecule has 1 aliphatic rings. The van der Waals surface area contributed by atoms with Crippen LogP contribution in [-0.2, 0) is 0 Å². The van der Waals surface area contributed by atoms with Crippen LogP contribution in [0.5, 0.6) is 17.2 Å². The van der Waals surface area contributed by atoms with Crippen LogP contribution in [0, 0.1) is 0 Å². The lowest BCUT2D eigenvalue weighted by atomic mass is 9.97. The number of carbonyl (C=O) groups excluding carboxylic acids is 1. The normalized spacial score (nSPS) is 15.3. The van der Waals surface area contributed by atoms with E-state index >= 15 is 0 Å². The van der Waals surface area contributed by atoms with Gasteiger partial charge in [-0.25, -0.2) is 9.99 Å². The minimum Gasteiger partial charge on any atom is -0.494 e. The van der Waals surface area contributed by atoms with Crippen molar-refractivity contribution in [2.45, 2.75) is 12.5 Å². The number of ether oxygens (including phenoxy) is 3. The lowest BCUT2D eigenvalue weighted by Crippen LogP contribution is -2.27. The molecule has 0 spiro atoms. The van der Waals surface area contributed by atoms with E-state index < -0.39 is 11.9 Å². The largest absolute Gasteiger partial charge is 0.494 e. The Kier molecular flexibility index (Phi) is 6.05. The number of pyridine rings is 1. The van der Waals surface area contributed by atoms with Crippen LogP contribution in [0.25, 0.3) is 10.9 Å². The lowest BCUT2D eigenvalue weighted by molar-refractivity contribution is 0.0678. The number of rotatable bonds is 6. The topological polar surface area (TPSA) is 86.4 Å².